The number of amides is 2. The first-order chi connectivity index (χ1) is 16.0. The highest BCUT2D eigenvalue weighted by Gasteiger charge is 2.44. The fraction of sp³-hybridized carbons (Fsp3) is 0.250. The SMILES string of the molecule is CCOc1ccc(NC(=O)CSC2=C(C#N)[C@H](c3ccccc3)[C@@H](C(=O)OC)C(=O)N2)cc1. The van der Waals surface area contributed by atoms with E-state index >= 15 is 0 Å². The van der Waals surface area contributed by atoms with Gasteiger partial charge < -0.3 is 20.1 Å². The van der Waals surface area contributed by atoms with Crippen LogP contribution >= 0.6 is 11.8 Å². The monoisotopic (exact) mass is 465 g/mol. The number of ether oxygens (including phenoxy) is 2. The summed E-state index contributed by atoms with van der Waals surface area (Å²) in [6, 6.07) is 17.9. The molecule has 33 heavy (non-hydrogen) atoms. The number of nitrogens with one attached hydrogen (secondary N) is 2. The molecule has 2 atom stereocenters. The molecule has 3 rings (SSSR count). The van der Waals surface area contributed by atoms with E-state index in [9.17, 15) is 19.6 Å². The van der Waals surface area contributed by atoms with Gasteiger partial charge in [-0.15, -0.1) is 0 Å². The van der Waals surface area contributed by atoms with Gasteiger partial charge in [-0.1, -0.05) is 42.1 Å². The van der Waals surface area contributed by atoms with E-state index in [0.29, 0.717) is 23.6 Å². The van der Waals surface area contributed by atoms with Crippen LogP contribution in [-0.4, -0.2) is 37.3 Å². The molecular formula is C24H23N3O5S. The van der Waals surface area contributed by atoms with Crippen LogP contribution in [0.5, 0.6) is 5.75 Å². The van der Waals surface area contributed by atoms with Gasteiger partial charge >= 0.3 is 5.97 Å². The molecule has 0 aromatic heterocycles. The van der Waals surface area contributed by atoms with Crippen molar-refractivity contribution in [2.75, 3.05) is 24.8 Å². The quantitative estimate of drug-likeness (QED) is 0.454. The van der Waals surface area contributed by atoms with Crippen molar-refractivity contribution >= 4 is 35.2 Å². The molecular weight excluding hydrogens is 442 g/mol. The van der Waals surface area contributed by atoms with Crippen LogP contribution in [0.2, 0.25) is 0 Å². The van der Waals surface area contributed by atoms with Crippen molar-refractivity contribution in [1.29, 1.82) is 5.26 Å². The number of anilines is 1. The Labute approximate surface area is 195 Å². The topological polar surface area (TPSA) is 118 Å². The van der Waals surface area contributed by atoms with E-state index in [-0.39, 0.29) is 22.3 Å². The van der Waals surface area contributed by atoms with Crippen molar-refractivity contribution in [2.24, 2.45) is 5.92 Å². The second-order valence-electron chi connectivity index (χ2n) is 7.03. The van der Waals surface area contributed by atoms with Gasteiger partial charge in [0.25, 0.3) is 0 Å². The minimum atomic E-state index is -1.20. The summed E-state index contributed by atoms with van der Waals surface area (Å²) in [4.78, 5) is 37.6. The highest BCUT2D eigenvalue weighted by molar-refractivity contribution is 8.03. The highest BCUT2D eigenvalue weighted by atomic mass is 32.2. The molecule has 0 unspecified atom stereocenters. The van der Waals surface area contributed by atoms with Gasteiger partial charge in [-0.25, -0.2) is 0 Å². The number of rotatable bonds is 8. The number of carbonyl (C=O) groups is 3. The van der Waals surface area contributed by atoms with E-state index in [1.165, 1.54) is 7.11 Å². The van der Waals surface area contributed by atoms with Crippen molar-refractivity contribution in [3.8, 4) is 11.8 Å². The molecule has 2 amide bonds. The first-order valence-corrected chi connectivity index (χ1v) is 11.2. The van der Waals surface area contributed by atoms with Crippen LogP contribution < -0.4 is 15.4 Å². The average Bonchev–Trinajstić information content (AvgIpc) is 2.83. The van der Waals surface area contributed by atoms with Crippen LogP contribution in [0.3, 0.4) is 0 Å². The Balaban J connectivity index is 1.79. The van der Waals surface area contributed by atoms with Gasteiger partial charge in [0.2, 0.25) is 11.8 Å². The van der Waals surface area contributed by atoms with E-state index in [2.05, 4.69) is 16.7 Å². The lowest BCUT2D eigenvalue weighted by Gasteiger charge is -2.30. The maximum atomic E-state index is 12.8. The van der Waals surface area contributed by atoms with Gasteiger partial charge in [0.15, 0.2) is 0 Å². The summed E-state index contributed by atoms with van der Waals surface area (Å²) in [5.41, 5.74) is 1.44. The standard InChI is InChI=1S/C24H23N3O5S/c1-3-32-17-11-9-16(10-12-17)26-19(28)14-33-23-18(13-25)20(15-7-5-4-6-8-15)21(22(29)27-23)24(30)31-2/h4-12,20-21H,3,14H2,1-2H3,(H,26,28)(H,27,29)/t20-,21+/m0/s1. The van der Waals surface area contributed by atoms with Crippen molar-refractivity contribution in [3.63, 3.8) is 0 Å². The Morgan fingerprint density at radius 3 is 2.45 bits per heavy atom. The molecule has 0 spiro atoms. The number of hydrogen-bond donors (Lipinski definition) is 2. The predicted octanol–water partition coefficient (Wildman–Crippen LogP) is 3.19. The fourth-order valence-corrected chi connectivity index (χ4v) is 4.32. The number of allylic oxidation sites excluding steroid dienone is 1. The van der Waals surface area contributed by atoms with Crippen LogP contribution in [0.4, 0.5) is 5.69 Å². The largest absolute Gasteiger partial charge is 0.494 e. The summed E-state index contributed by atoms with van der Waals surface area (Å²) in [5, 5.41) is 15.5. The maximum absolute atomic E-state index is 12.8. The first kappa shape index (κ1) is 23.9. The van der Waals surface area contributed by atoms with Crippen molar-refractivity contribution in [1.82, 2.24) is 5.32 Å². The number of hydrogen-bond acceptors (Lipinski definition) is 7. The molecule has 1 heterocycles. The van der Waals surface area contributed by atoms with Gasteiger partial charge in [-0.05, 0) is 36.8 Å². The summed E-state index contributed by atoms with van der Waals surface area (Å²) < 4.78 is 10.2. The Morgan fingerprint density at radius 2 is 1.85 bits per heavy atom. The molecule has 0 saturated heterocycles. The molecule has 0 radical (unpaired) electrons. The molecule has 2 aromatic rings. The lowest BCUT2D eigenvalue weighted by molar-refractivity contribution is -0.150. The van der Waals surface area contributed by atoms with E-state index in [1.807, 2.05) is 6.92 Å². The summed E-state index contributed by atoms with van der Waals surface area (Å²) in [6.45, 7) is 2.43. The molecule has 0 fully saturated rings. The van der Waals surface area contributed by atoms with E-state index < -0.39 is 23.7 Å². The summed E-state index contributed by atoms with van der Waals surface area (Å²) in [7, 11) is 1.20. The van der Waals surface area contributed by atoms with Gasteiger partial charge in [-0.3, -0.25) is 14.4 Å². The lowest BCUT2D eigenvalue weighted by atomic mass is 9.78. The molecule has 2 aromatic carbocycles. The zero-order valence-corrected chi connectivity index (χ0v) is 19.0. The Kier molecular flexibility index (Phi) is 8.11. The number of nitrogens with zero attached hydrogens (tertiary/aromatic N) is 1. The second-order valence-corrected chi connectivity index (χ2v) is 8.01. The molecule has 1 aliphatic rings. The normalized spacial score (nSPS) is 17.5. The zero-order valence-electron chi connectivity index (χ0n) is 18.2. The molecule has 0 aliphatic carbocycles. The summed E-state index contributed by atoms with van der Waals surface area (Å²) in [6.07, 6.45) is 0. The molecule has 170 valence electrons. The number of carbonyl (C=O) groups excluding carboxylic acids is 3. The Morgan fingerprint density at radius 1 is 1.15 bits per heavy atom. The minimum Gasteiger partial charge on any atom is -0.494 e. The first-order valence-electron chi connectivity index (χ1n) is 10.2. The molecule has 8 nitrogen and oxygen atoms in total. The molecule has 1 aliphatic heterocycles. The predicted molar refractivity (Wildman–Crippen MR) is 124 cm³/mol. The third kappa shape index (κ3) is 5.73. The van der Waals surface area contributed by atoms with Crippen LogP contribution in [0.15, 0.2) is 65.2 Å². The molecule has 2 N–H and O–H groups in total. The molecule has 0 bridgehead atoms. The maximum Gasteiger partial charge on any atom is 0.319 e. The Hall–Kier alpha value is -3.77. The number of thioether (sulfide) groups is 1. The molecule has 0 saturated carbocycles. The van der Waals surface area contributed by atoms with Gasteiger partial charge in [0, 0.05) is 11.6 Å². The van der Waals surface area contributed by atoms with Crippen LogP contribution in [0.1, 0.15) is 18.4 Å². The number of esters is 1. The second kappa shape index (κ2) is 11.2. The smallest absolute Gasteiger partial charge is 0.319 e. The minimum absolute atomic E-state index is 0.0432. The fourth-order valence-electron chi connectivity index (χ4n) is 3.48. The van der Waals surface area contributed by atoms with E-state index in [4.69, 9.17) is 9.47 Å². The van der Waals surface area contributed by atoms with Gasteiger partial charge in [0.05, 0.1) is 36.1 Å². The van der Waals surface area contributed by atoms with Crippen LogP contribution in [-0.2, 0) is 19.1 Å². The number of methoxy groups -OCH3 is 1. The zero-order chi connectivity index (χ0) is 23.8. The summed E-state index contributed by atoms with van der Waals surface area (Å²) >= 11 is 1.03. The van der Waals surface area contributed by atoms with Crippen molar-refractivity contribution in [2.45, 2.75) is 12.8 Å². The van der Waals surface area contributed by atoms with E-state index in [1.54, 1.807) is 54.6 Å². The third-order valence-electron chi connectivity index (χ3n) is 4.94. The number of benzene rings is 2. The van der Waals surface area contributed by atoms with E-state index in [0.717, 1.165) is 11.8 Å². The molecule has 9 heteroatoms. The highest BCUT2D eigenvalue weighted by Crippen LogP contribution is 2.40. The summed E-state index contributed by atoms with van der Waals surface area (Å²) in [5.74, 6) is -2.97. The van der Waals surface area contributed by atoms with Gasteiger partial charge in [-0.2, -0.15) is 5.26 Å². The van der Waals surface area contributed by atoms with Gasteiger partial charge in [0.1, 0.15) is 11.7 Å². The van der Waals surface area contributed by atoms with Crippen LogP contribution in [0.25, 0.3) is 0 Å². The lowest BCUT2D eigenvalue weighted by Crippen LogP contribution is -2.44. The third-order valence-corrected chi connectivity index (χ3v) is 5.96. The average molecular weight is 466 g/mol. The van der Waals surface area contributed by atoms with Crippen molar-refractivity contribution in [3.05, 3.63) is 70.8 Å². The van der Waals surface area contributed by atoms with Crippen molar-refractivity contribution < 1.29 is 23.9 Å². The Bertz CT molecular complexity index is 1090. The van der Waals surface area contributed by atoms with Crippen LogP contribution in [0, 0.1) is 17.2 Å². The number of nitriles is 1.